The molecule has 16 heteroatoms. The van der Waals surface area contributed by atoms with Gasteiger partial charge in [0.2, 0.25) is 0 Å². The minimum absolute atomic E-state index is 0.0260. The molecule has 334 valence electrons. The lowest BCUT2D eigenvalue weighted by molar-refractivity contribution is -0.346. The van der Waals surface area contributed by atoms with Crippen LogP contribution < -0.4 is 5.32 Å². The number of carbonyl (C=O) groups excluding carboxylic acids is 6. The summed E-state index contributed by atoms with van der Waals surface area (Å²) in [6.45, 7) is 7.83. The Morgan fingerprint density at radius 1 is 0.857 bits per heavy atom. The van der Waals surface area contributed by atoms with Gasteiger partial charge in [0.05, 0.1) is 35.6 Å². The highest BCUT2D eigenvalue weighted by atomic mass is 19.1. The number of amides is 1. The van der Waals surface area contributed by atoms with Crippen molar-refractivity contribution in [2.75, 3.05) is 6.61 Å². The topological polar surface area (TPSA) is 221 Å². The second-order valence-electron chi connectivity index (χ2n) is 17.5. The number of ether oxygens (including phenoxy) is 5. The van der Waals surface area contributed by atoms with E-state index in [9.17, 15) is 43.7 Å². The molecule has 1 unspecified atom stereocenters. The van der Waals surface area contributed by atoms with Crippen LogP contribution in [0.1, 0.15) is 86.7 Å². The number of nitrogens with one attached hydrogen (secondary N) is 1. The summed E-state index contributed by atoms with van der Waals surface area (Å²) in [5, 5.41) is 40.1. The van der Waals surface area contributed by atoms with Gasteiger partial charge in [-0.25, -0.2) is 14.0 Å². The van der Waals surface area contributed by atoms with Gasteiger partial charge in [0, 0.05) is 37.7 Å². The number of hydrogen-bond donors (Lipinski definition) is 4. The fourth-order valence-electron chi connectivity index (χ4n) is 10.2. The van der Waals surface area contributed by atoms with Crippen LogP contribution in [0.15, 0.2) is 96.1 Å². The zero-order chi connectivity index (χ0) is 45.8. The Labute approximate surface area is 362 Å². The molecule has 4 aliphatic rings. The van der Waals surface area contributed by atoms with E-state index in [1.54, 1.807) is 48.5 Å². The van der Waals surface area contributed by atoms with Gasteiger partial charge in [0.15, 0.2) is 23.6 Å². The predicted octanol–water partition coefficient (Wildman–Crippen LogP) is 3.87. The van der Waals surface area contributed by atoms with Crippen molar-refractivity contribution in [3.05, 3.63) is 119 Å². The van der Waals surface area contributed by atoms with Gasteiger partial charge in [-0.05, 0) is 67.0 Å². The standard InChI is InChI=1S/C47H50FNO14/c1-24-31(61-43(57)36(53)35(27-13-9-7-10-14-27)49-41(55)28-17-19-30(48)20-18-28)22-47(58)40(62-42(56)29-15-11-8-12-16-29)38-45(6,32(52)21-33-46(38,23-59-33)63-26(3)51)39(54)37(60-25(2)50)34(24)44(47,4)5/h7-20,31-33,35-38,40,52-53,58H,21-23H2,1-6H3,(H,49,55)/t31-,32-,33+,35-,36+,37+,38?,40-,45+,46-,47+/m0/s1. The van der Waals surface area contributed by atoms with Gasteiger partial charge in [0.1, 0.15) is 29.7 Å². The molecule has 0 aromatic heterocycles. The summed E-state index contributed by atoms with van der Waals surface area (Å²) in [4.78, 5) is 83.4. The minimum atomic E-state index is -2.42. The van der Waals surface area contributed by atoms with Gasteiger partial charge in [-0.3, -0.25) is 19.2 Å². The van der Waals surface area contributed by atoms with E-state index in [2.05, 4.69) is 5.32 Å². The highest BCUT2D eigenvalue weighted by Crippen LogP contribution is 2.64. The summed E-state index contributed by atoms with van der Waals surface area (Å²) in [5.41, 5.74) is -7.51. The fourth-order valence-corrected chi connectivity index (χ4v) is 10.2. The molecule has 3 aromatic rings. The van der Waals surface area contributed by atoms with Crippen LogP contribution in [0.2, 0.25) is 0 Å². The summed E-state index contributed by atoms with van der Waals surface area (Å²) < 4.78 is 43.9. The van der Waals surface area contributed by atoms with Crippen LogP contribution >= 0.6 is 0 Å². The maximum Gasteiger partial charge on any atom is 0.338 e. The lowest BCUT2D eigenvalue weighted by Gasteiger charge is -2.67. The van der Waals surface area contributed by atoms with Crippen molar-refractivity contribution in [3.63, 3.8) is 0 Å². The Bertz CT molecular complexity index is 2340. The first-order chi connectivity index (χ1) is 29.7. The lowest BCUT2D eigenvalue weighted by atomic mass is 9.44. The van der Waals surface area contributed by atoms with E-state index in [4.69, 9.17) is 23.7 Å². The van der Waals surface area contributed by atoms with Crippen LogP contribution in [0.25, 0.3) is 0 Å². The van der Waals surface area contributed by atoms with Gasteiger partial charge >= 0.3 is 23.9 Å². The highest BCUT2D eigenvalue weighted by Gasteiger charge is 2.78. The molecule has 7 rings (SSSR count). The van der Waals surface area contributed by atoms with Crippen molar-refractivity contribution in [2.45, 2.75) is 108 Å². The number of hydrogen-bond acceptors (Lipinski definition) is 14. The number of rotatable bonds is 10. The number of Topliss-reactive ketones (excluding diaryl/α,β-unsaturated/α-hetero) is 1. The first kappa shape index (κ1) is 45.2. The summed E-state index contributed by atoms with van der Waals surface area (Å²) in [6.07, 6.45) is -10.8. The zero-order valence-corrected chi connectivity index (χ0v) is 35.5. The molecular formula is C47H50FNO14. The second-order valence-corrected chi connectivity index (χ2v) is 17.5. The Kier molecular flexibility index (Phi) is 12.0. The summed E-state index contributed by atoms with van der Waals surface area (Å²) in [5.74, 6) is -7.76. The molecule has 0 spiro atoms. The van der Waals surface area contributed by atoms with Crippen molar-refractivity contribution in [1.29, 1.82) is 0 Å². The number of benzene rings is 3. The zero-order valence-electron chi connectivity index (χ0n) is 35.5. The molecule has 1 heterocycles. The maximum absolute atomic E-state index is 15.5. The third-order valence-electron chi connectivity index (χ3n) is 13.6. The first-order valence-electron chi connectivity index (χ1n) is 20.6. The monoisotopic (exact) mass is 871 g/mol. The number of halogens is 1. The molecule has 2 saturated carbocycles. The van der Waals surface area contributed by atoms with E-state index in [0.29, 0.717) is 0 Å². The number of esters is 4. The molecule has 0 radical (unpaired) electrons. The molecule has 4 N–H and O–H groups in total. The molecule has 11 atom stereocenters. The fraction of sp³-hybridized carbons (Fsp3) is 0.447. The third kappa shape index (κ3) is 7.62. The molecule has 15 nitrogen and oxygen atoms in total. The number of aliphatic hydroxyl groups is 3. The largest absolute Gasteiger partial charge is 0.456 e. The van der Waals surface area contributed by atoms with Crippen LogP contribution in [-0.4, -0.2) is 105 Å². The summed E-state index contributed by atoms with van der Waals surface area (Å²) >= 11 is 0. The van der Waals surface area contributed by atoms with E-state index < -0.39 is 118 Å². The van der Waals surface area contributed by atoms with Crippen molar-refractivity contribution in [2.24, 2.45) is 16.7 Å². The number of ketones is 1. The van der Waals surface area contributed by atoms with Gasteiger partial charge in [-0.2, -0.15) is 0 Å². The Balaban J connectivity index is 1.38. The SMILES string of the molecule is CC(=O)O[C@H]1C(=O)[C@@]2(C)C([C@H](OC(=O)c3ccccc3)[C@]3(O)C[C@H](OC(=O)[C@H](O)[C@@H](NC(=O)c4ccc(F)cc4)c4ccccc4)C(C)=C1C3(C)C)[C@]1(OC(C)=O)CO[C@@H]1C[C@@H]2O. The van der Waals surface area contributed by atoms with E-state index in [-0.39, 0.29) is 40.9 Å². The average Bonchev–Trinajstić information content (AvgIpc) is 3.24. The van der Waals surface area contributed by atoms with E-state index in [0.717, 1.165) is 26.0 Å². The van der Waals surface area contributed by atoms with Gasteiger partial charge < -0.3 is 44.3 Å². The maximum atomic E-state index is 15.5. The predicted molar refractivity (Wildman–Crippen MR) is 218 cm³/mol. The molecule has 2 bridgehead atoms. The lowest BCUT2D eigenvalue weighted by Crippen LogP contribution is -2.82. The summed E-state index contributed by atoms with van der Waals surface area (Å²) in [7, 11) is 0. The van der Waals surface area contributed by atoms with E-state index >= 15 is 4.79 Å². The highest BCUT2D eigenvalue weighted by molar-refractivity contribution is 5.96. The van der Waals surface area contributed by atoms with Crippen LogP contribution in [0.3, 0.4) is 0 Å². The van der Waals surface area contributed by atoms with Gasteiger partial charge in [-0.15, -0.1) is 0 Å². The molecular weight excluding hydrogens is 822 g/mol. The Morgan fingerprint density at radius 3 is 2.05 bits per heavy atom. The van der Waals surface area contributed by atoms with Crippen molar-refractivity contribution >= 4 is 35.6 Å². The van der Waals surface area contributed by atoms with Crippen molar-refractivity contribution in [1.82, 2.24) is 5.32 Å². The van der Waals surface area contributed by atoms with E-state index in [1.807, 2.05) is 0 Å². The Morgan fingerprint density at radius 2 is 1.48 bits per heavy atom. The normalized spacial score (nSPS) is 31.6. The van der Waals surface area contributed by atoms with E-state index in [1.165, 1.54) is 52.0 Å². The summed E-state index contributed by atoms with van der Waals surface area (Å²) in [6, 6.07) is 19.0. The quantitative estimate of drug-likeness (QED) is 0.129. The Hall–Kier alpha value is -5.81. The molecule has 1 aliphatic heterocycles. The molecule has 63 heavy (non-hydrogen) atoms. The third-order valence-corrected chi connectivity index (χ3v) is 13.6. The second kappa shape index (κ2) is 16.7. The molecule has 1 saturated heterocycles. The van der Waals surface area contributed by atoms with Crippen LogP contribution in [0, 0.1) is 22.6 Å². The smallest absolute Gasteiger partial charge is 0.338 e. The molecule has 3 aromatic carbocycles. The number of fused-ring (bicyclic) bond motifs is 5. The molecule has 3 fully saturated rings. The van der Waals surface area contributed by atoms with Crippen LogP contribution in [0.5, 0.6) is 0 Å². The molecule has 1 amide bonds. The minimum Gasteiger partial charge on any atom is -0.456 e. The average molecular weight is 872 g/mol. The van der Waals surface area contributed by atoms with Crippen molar-refractivity contribution in [3.8, 4) is 0 Å². The van der Waals surface area contributed by atoms with Crippen LogP contribution in [-0.2, 0) is 42.9 Å². The van der Waals surface area contributed by atoms with Crippen LogP contribution in [0.4, 0.5) is 4.39 Å². The number of carbonyl (C=O) groups is 6. The van der Waals surface area contributed by atoms with Crippen molar-refractivity contribution < 1.29 is 72.2 Å². The van der Waals surface area contributed by atoms with Gasteiger partial charge in [-0.1, -0.05) is 62.4 Å². The first-order valence-corrected chi connectivity index (χ1v) is 20.6. The molecule has 3 aliphatic carbocycles. The number of aliphatic hydroxyl groups excluding tert-OH is 2. The van der Waals surface area contributed by atoms with Gasteiger partial charge in [0.25, 0.3) is 5.91 Å².